The molecule has 15 heavy (non-hydrogen) atoms. The summed E-state index contributed by atoms with van der Waals surface area (Å²) in [6, 6.07) is 1.95. The average molecular weight is 226 g/mol. The first-order chi connectivity index (χ1) is 6.93. The highest BCUT2D eigenvalue weighted by molar-refractivity contribution is 7.99. The molecule has 1 aromatic heterocycles. The summed E-state index contributed by atoms with van der Waals surface area (Å²) in [5, 5.41) is 10.6. The van der Waals surface area contributed by atoms with E-state index in [-0.39, 0.29) is 0 Å². The van der Waals surface area contributed by atoms with Crippen molar-refractivity contribution >= 4 is 11.8 Å². The lowest BCUT2D eigenvalue weighted by atomic mass is 10.1. The summed E-state index contributed by atoms with van der Waals surface area (Å²) in [7, 11) is 0. The molecule has 0 saturated heterocycles. The fraction of sp³-hybridized carbons (Fsp3) is 0.636. The van der Waals surface area contributed by atoms with Crippen LogP contribution in [0.1, 0.15) is 31.7 Å². The first kappa shape index (κ1) is 12.5. The summed E-state index contributed by atoms with van der Waals surface area (Å²) in [6.45, 7) is 7.72. The van der Waals surface area contributed by atoms with Gasteiger partial charge in [-0.05, 0) is 33.3 Å². The summed E-state index contributed by atoms with van der Waals surface area (Å²) in [5.41, 5.74) is 1.31. The molecule has 0 bridgehead atoms. The van der Waals surface area contributed by atoms with E-state index in [1.54, 1.807) is 0 Å². The van der Waals surface area contributed by atoms with Crippen molar-refractivity contribution in [3.8, 4) is 0 Å². The van der Waals surface area contributed by atoms with Gasteiger partial charge in [0.25, 0.3) is 0 Å². The SMILES string of the molecule is CCC(C)(O)CSc1nc(C)cc(C)n1. The lowest BCUT2D eigenvalue weighted by molar-refractivity contribution is 0.0815. The van der Waals surface area contributed by atoms with Crippen LogP contribution in [0.4, 0.5) is 0 Å². The molecule has 0 aliphatic rings. The molecular weight excluding hydrogens is 208 g/mol. The van der Waals surface area contributed by atoms with Crippen LogP contribution in [0.15, 0.2) is 11.2 Å². The highest BCUT2D eigenvalue weighted by atomic mass is 32.2. The molecule has 0 aliphatic carbocycles. The highest BCUT2D eigenvalue weighted by Gasteiger charge is 2.18. The zero-order valence-electron chi connectivity index (χ0n) is 9.74. The molecule has 1 unspecified atom stereocenters. The van der Waals surface area contributed by atoms with Crippen LogP contribution in [0.25, 0.3) is 0 Å². The van der Waals surface area contributed by atoms with Gasteiger partial charge in [-0.1, -0.05) is 18.7 Å². The Hall–Kier alpha value is -0.610. The van der Waals surface area contributed by atoms with Crippen LogP contribution in [-0.4, -0.2) is 26.4 Å². The topological polar surface area (TPSA) is 46.0 Å². The molecule has 1 atom stereocenters. The summed E-state index contributed by atoms with van der Waals surface area (Å²) in [4.78, 5) is 8.62. The Labute approximate surface area is 95.3 Å². The standard InChI is InChI=1S/C11H18N2OS/c1-5-11(4,14)7-15-10-12-8(2)6-9(3)13-10/h6,14H,5,7H2,1-4H3. The lowest BCUT2D eigenvalue weighted by Crippen LogP contribution is -2.25. The zero-order chi connectivity index (χ0) is 11.5. The quantitative estimate of drug-likeness (QED) is 0.632. The minimum atomic E-state index is -0.633. The first-order valence-corrected chi connectivity index (χ1v) is 6.09. The van der Waals surface area contributed by atoms with Gasteiger partial charge < -0.3 is 5.11 Å². The molecule has 1 N–H and O–H groups in total. The number of nitrogens with zero attached hydrogens (tertiary/aromatic N) is 2. The zero-order valence-corrected chi connectivity index (χ0v) is 10.6. The maximum Gasteiger partial charge on any atom is 0.188 e. The van der Waals surface area contributed by atoms with E-state index in [2.05, 4.69) is 9.97 Å². The molecule has 3 nitrogen and oxygen atoms in total. The Kier molecular flexibility index (Phi) is 4.11. The Morgan fingerprint density at radius 1 is 1.33 bits per heavy atom. The molecule has 1 rings (SSSR count). The second kappa shape index (κ2) is 4.94. The predicted molar refractivity (Wildman–Crippen MR) is 63.1 cm³/mol. The maximum atomic E-state index is 9.85. The largest absolute Gasteiger partial charge is 0.389 e. The van der Waals surface area contributed by atoms with Gasteiger partial charge in [-0.2, -0.15) is 0 Å². The lowest BCUT2D eigenvalue weighted by Gasteiger charge is -2.19. The van der Waals surface area contributed by atoms with Crippen LogP contribution in [0.5, 0.6) is 0 Å². The minimum Gasteiger partial charge on any atom is -0.389 e. The van der Waals surface area contributed by atoms with Gasteiger partial charge in [0.15, 0.2) is 5.16 Å². The van der Waals surface area contributed by atoms with Crippen LogP contribution >= 0.6 is 11.8 Å². The Bertz CT molecular complexity index is 319. The smallest absolute Gasteiger partial charge is 0.188 e. The van der Waals surface area contributed by atoms with Gasteiger partial charge in [0, 0.05) is 17.1 Å². The van der Waals surface area contributed by atoms with E-state index < -0.39 is 5.60 Å². The number of rotatable bonds is 4. The van der Waals surface area contributed by atoms with E-state index in [4.69, 9.17) is 0 Å². The van der Waals surface area contributed by atoms with E-state index in [9.17, 15) is 5.11 Å². The number of thioether (sulfide) groups is 1. The number of aliphatic hydroxyl groups is 1. The Morgan fingerprint density at radius 2 is 1.87 bits per heavy atom. The van der Waals surface area contributed by atoms with Crippen LogP contribution < -0.4 is 0 Å². The molecule has 0 saturated carbocycles. The fourth-order valence-corrected chi connectivity index (χ4v) is 2.14. The van der Waals surface area contributed by atoms with Crippen molar-refractivity contribution in [2.75, 3.05) is 5.75 Å². The van der Waals surface area contributed by atoms with Crippen molar-refractivity contribution in [3.63, 3.8) is 0 Å². The second-order valence-electron chi connectivity index (χ2n) is 4.07. The highest BCUT2D eigenvalue weighted by Crippen LogP contribution is 2.21. The fourth-order valence-electron chi connectivity index (χ4n) is 1.08. The summed E-state index contributed by atoms with van der Waals surface area (Å²) >= 11 is 1.51. The number of aryl methyl sites for hydroxylation is 2. The minimum absolute atomic E-state index is 0.631. The van der Waals surface area contributed by atoms with Crippen molar-refractivity contribution < 1.29 is 5.11 Å². The molecule has 1 heterocycles. The van der Waals surface area contributed by atoms with Crippen LogP contribution in [0.2, 0.25) is 0 Å². The first-order valence-electron chi connectivity index (χ1n) is 5.10. The molecule has 0 fully saturated rings. The molecule has 0 aliphatic heterocycles. The molecule has 0 aromatic carbocycles. The van der Waals surface area contributed by atoms with E-state index >= 15 is 0 Å². The summed E-state index contributed by atoms with van der Waals surface area (Å²) in [5.74, 6) is 0.631. The second-order valence-corrected chi connectivity index (χ2v) is 5.01. The molecular formula is C11H18N2OS. The van der Waals surface area contributed by atoms with Crippen molar-refractivity contribution in [1.82, 2.24) is 9.97 Å². The molecule has 0 radical (unpaired) electrons. The molecule has 4 heteroatoms. The maximum absolute atomic E-state index is 9.85. The molecule has 0 spiro atoms. The van der Waals surface area contributed by atoms with E-state index in [0.29, 0.717) is 5.75 Å². The molecule has 84 valence electrons. The Balaban J connectivity index is 2.65. The van der Waals surface area contributed by atoms with Crippen molar-refractivity contribution in [3.05, 3.63) is 17.5 Å². The molecule has 0 amide bonds. The van der Waals surface area contributed by atoms with E-state index in [1.165, 1.54) is 11.8 Å². The average Bonchev–Trinajstić information content (AvgIpc) is 2.14. The summed E-state index contributed by atoms with van der Waals surface area (Å²) in [6.07, 6.45) is 0.741. The monoisotopic (exact) mass is 226 g/mol. The third-order valence-corrected chi connectivity index (χ3v) is 3.44. The van der Waals surface area contributed by atoms with Gasteiger partial charge >= 0.3 is 0 Å². The third kappa shape index (κ3) is 4.18. The number of hydrogen-bond donors (Lipinski definition) is 1. The number of hydrogen-bond acceptors (Lipinski definition) is 4. The number of aromatic nitrogens is 2. The third-order valence-electron chi connectivity index (χ3n) is 2.24. The molecule has 1 aromatic rings. The van der Waals surface area contributed by atoms with E-state index in [1.807, 2.05) is 33.8 Å². The van der Waals surface area contributed by atoms with Crippen molar-refractivity contribution in [2.24, 2.45) is 0 Å². The summed E-state index contributed by atoms with van der Waals surface area (Å²) < 4.78 is 0. The van der Waals surface area contributed by atoms with Gasteiger partial charge in [-0.3, -0.25) is 0 Å². The Morgan fingerprint density at radius 3 is 2.33 bits per heavy atom. The van der Waals surface area contributed by atoms with Gasteiger partial charge in [-0.15, -0.1) is 0 Å². The van der Waals surface area contributed by atoms with E-state index in [0.717, 1.165) is 23.0 Å². The van der Waals surface area contributed by atoms with Gasteiger partial charge in [0.2, 0.25) is 0 Å². The van der Waals surface area contributed by atoms with Gasteiger partial charge in [0.05, 0.1) is 5.60 Å². The van der Waals surface area contributed by atoms with Gasteiger partial charge in [0.1, 0.15) is 0 Å². The predicted octanol–water partition coefficient (Wildman–Crippen LogP) is 2.35. The van der Waals surface area contributed by atoms with Gasteiger partial charge in [-0.25, -0.2) is 9.97 Å². The van der Waals surface area contributed by atoms with Crippen molar-refractivity contribution in [1.29, 1.82) is 0 Å². The van der Waals surface area contributed by atoms with Crippen LogP contribution in [0.3, 0.4) is 0 Å². The normalized spacial score (nSPS) is 15.0. The van der Waals surface area contributed by atoms with Crippen LogP contribution in [0, 0.1) is 13.8 Å². The van der Waals surface area contributed by atoms with Crippen molar-refractivity contribution in [2.45, 2.75) is 44.9 Å². The van der Waals surface area contributed by atoms with Crippen LogP contribution in [-0.2, 0) is 0 Å².